The molecule has 1 amide bonds. The summed E-state index contributed by atoms with van der Waals surface area (Å²) >= 11 is 8.34. The first-order chi connectivity index (χ1) is 7.22. The highest BCUT2D eigenvalue weighted by molar-refractivity contribution is 7.99. The van der Waals surface area contributed by atoms with E-state index < -0.39 is 0 Å². The van der Waals surface area contributed by atoms with Crippen LogP contribution in [0, 0.1) is 0 Å². The Morgan fingerprint density at radius 2 is 1.93 bits per heavy atom. The molecule has 0 saturated heterocycles. The lowest BCUT2D eigenvalue weighted by Crippen LogP contribution is -2.14. The topological polar surface area (TPSA) is 54.9 Å². The van der Waals surface area contributed by atoms with E-state index in [1.807, 2.05) is 12.5 Å². The molecular weight excluding hydrogens is 254 g/mol. The third-order valence-corrected chi connectivity index (χ3v) is 3.19. The molecule has 0 unspecified atom stereocenters. The van der Waals surface area contributed by atoms with Crippen LogP contribution in [0.1, 0.15) is 0 Å². The number of alkyl halides is 1. The Bertz CT molecular complexity index is 339. The van der Waals surface area contributed by atoms with Gasteiger partial charge in [0, 0.05) is 0 Å². The third kappa shape index (κ3) is 3.25. The summed E-state index contributed by atoms with van der Waals surface area (Å²) in [7, 11) is 0. The molecule has 82 valence electrons. The number of hydrogen-bond donors (Lipinski definition) is 1. The number of thioether (sulfide) groups is 2. The van der Waals surface area contributed by atoms with Crippen LogP contribution >= 0.6 is 35.1 Å². The van der Waals surface area contributed by atoms with Crippen LogP contribution in [-0.4, -0.2) is 34.3 Å². The molecule has 0 radical (unpaired) electrons. The summed E-state index contributed by atoms with van der Waals surface area (Å²) in [5.41, 5.74) is 0.642. The van der Waals surface area contributed by atoms with Crippen molar-refractivity contribution in [2.24, 2.45) is 0 Å². The quantitative estimate of drug-likeness (QED) is 0.512. The first-order valence-corrected chi connectivity index (χ1v) is 7.00. The number of rotatable bonds is 4. The maximum Gasteiger partial charge on any atom is 0.239 e. The summed E-state index contributed by atoms with van der Waals surface area (Å²) in [4.78, 5) is 19.3. The first kappa shape index (κ1) is 12.6. The van der Waals surface area contributed by atoms with Crippen molar-refractivity contribution in [2.75, 3.05) is 23.7 Å². The Kier molecular flexibility index (Phi) is 5.21. The second-order valence-electron chi connectivity index (χ2n) is 2.45. The molecule has 0 atom stereocenters. The van der Waals surface area contributed by atoms with Gasteiger partial charge in [0.15, 0.2) is 0 Å². The summed E-state index contributed by atoms with van der Waals surface area (Å²) in [6.45, 7) is 0. The lowest BCUT2D eigenvalue weighted by molar-refractivity contribution is -0.114. The van der Waals surface area contributed by atoms with Crippen molar-refractivity contribution in [3.8, 4) is 0 Å². The predicted molar refractivity (Wildman–Crippen MR) is 64.9 cm³/mol. The second kappa shape index (κ2) is 6.19. The van der Waals surface area contributed by atoms with Crippen molar-refractivity contribution in [1.82, 2.24) is 9.97 Å². The monoisotopic (exact) mass is 263 g/mol. The van der Waals surface area contributed by atoms with Crippen LogP contribution in [0.5, 0.6) is 0 Å². The number of carbonyl (C=O) groups excluding carboxylic acids is 1. The van der Waals surface area contributed by atoms with Crippen molar-refractivity contribution in [1.29, 1.82) is 0 Å². The van der Waals surface area contributed by atoms with Gasteiger partial charge in [0.2, 0.25) is 5.91 Å². The number of carbonyl (C=O) groups is 1. The van der Waals surface area contributed by atoms with Crippen molar-refractivity contribution < 1.29 is 4.79 Å². The number of aromatic nitrogens is 2. The Labute approximate surface area is 102 Å². The smallest absolute Gasteiger partial charge is 0.239 e. The van der Waals surface area contributed by atoms with E-state index in [9.17, 15) is 4.79 Å². The highest BCUT2D eigenvalue weighted by atomic mass is 35.5. The molecule has 0 aliphatic rings. The van der Waals surface area contributed by atoms with Crippen LogP contribution in [0.15, 0.2) is 16.4 Å². The standard InChI is InChI=1S/C8H10ClN3OS2/c1-14-7-6(12-5(13)3-9)8(15-2)11-4-10-7/h4H,3H2,1-2H3,(H,12,13). The lowest BCUT2D eigenvalue weighted by Gasteiger charge is -2.10. The largest absolute Gasteiger partial charge is 0.321 e. The minimum atomic E-state index is -0.253. The molecule has 0 aromatic carbocycles. The predicted octanol–water partition coefficient (Wildman–Crippen LogP) is 2.10. The lowest BCUT2D eigenvalue weighted by atomic mass is 10.5. The molecule has 1 aromatic heterocycles. The van der Waals surface area contributed by atoms with Gasteiger partial charge in [-0.2, -0.15) is 0 Å². The number of nitrogens with one attached hydrogen (secondary N) is 1. The van der Waals surface area contributed by atoms with E-state index in [-0.39, 0.29) is 11.8 Å². The van der Waals surface area contributed by atoms with Crippen LogP contribution in [0.4, 0.5) is 5.69 Å². The number of hydrogen-bond acceptors (Lipinski definition) is 5. The van der Waals surface area contributed by atoms with E-state index in [0.29, 0.717) is 5.69 Å². The van der Waals surface area contributed by atoms with Crippen LogP contribution < -0.4 is 5.32 Å². The molecule has 1 N–H and O–H groups in total. The van der Waals surface area contributed by atoms with E-state index >= 15 is 0 Å². The molecule has 1 heterocycles. The summed E-state index contributed by atoms with van der Waals surface area (Å²) in [5.74, 6) is -0.326. The highest BCUT2D eigenvalue weighted by Crippen LogP contribution is 2.30. The molecule has 0 saturated carbocycles. The SMILES string of the molecule is CSc1ncnc(SC)c1NC(=O)CCl. The zero-order valence-corrected chi connectivity index (χ0v) is 10.7. The number of amides is 1. The summed E-state index contributed by atoms with van der Waals surface area (Å²) in [6.07, 6.45) is 5.26. The Morgan fingerprint density at radius 3 is 2.33 bits per heavy atom. The molecule has 0 aliphatic heterocycles. The van der Waals surface area contributed by atoms with E-state index in [0.717, 1.165) is 10.1 Å². The number of nitrogens with zero attached hydrogens (tertiary/aromatic N) is 2. The maximum atomic E-state index is 11.2. The number of anilines is 1. The van der Waals surface area contributed by atoms with Crippen LogP contribution in [0.3, 0.4) is 0 Å². The van der Waals surface area contributed by atoms with E-state index in [1.165, 1.54) is 29.9 Å². The Hall–Kier alpha value is -0.460. The van der Waals surface area contributed by atoms with Gasteiger partial charge in [-0.25, -0.2) is 9.97 Å². The average Bonchev–Trinajstić information content (AvgIpc) is 2.29. The van der Waals surface area contributed by atoms with Crippen LogP contribution in [0.25, 0.3) is 0 Å². The minimum Gasteiger partial charge on any atom is -0.321 e. The molecule has 0 spiro atoms. The summed E-state index contributed by atoms with van der Waals surface area (Å²) in [6, 6.07) is 0. The van der Waals surface area contributed by atoms with Crippen molar-refractivity contribution >= 4 is 46.7 Å². The number of halogens is 1. The van der Waals surface area contributed by atoms with Gasteiger partial charge in [-0.15, -0.1) is 35.1 Å². The van der Waals surface area contributed by atoms with Crippen molar-refractivity contribution in [2.45, 2.75) is 10.1 Å². The highest BCUT2D eigenvalue weighted by Gasteiger charge is 2.12. The van der Waals surface area contributed by atoms with Gasteiger partial charge in [-0.1, -0.05) is 0 Å². The fourth-order valence-electron chi connectivity index (χ4n) is 0.944. The van der Waals surface area contributed by atoms with Gasteiger partial charge in [-0.3, -0.25) is 4.79 Å². The van der Waals surface area contributed by atoms with Gasteiger partial charge in [0.25, 0.3) is 0 Å². The summed E-state index contributed by atoms with van der Waals surface area (Å²) in [5, 5.41) is 4.18. The molecular formula is C8H10ClN3OS2. The van der Waals surface area contributed by atoms with Gasteiger partial charge in [0.1, 0.15) is 27.9 Å². The van der Waals surface area contributed by atoms with E-state index in [4.69, 9.17) is 11.6 Å². The molecule has 1 rings (SSSR count). The van der Waals surface area contributed by atoms with Crippen LogP contribution in [0.2, 0.25) is 0 Å². The Balaban J connectivity index is 3.05. The fraction of sp³-hybridized carbons (Fsp3) is 0.375. The average molecular weight is 264 g/mol. The third-order valence-electron chi connectivity index (χ3n) is 1.55. The van der Waals surface area contributed by atoms with E-state index in [2.05, 4.69) is 15.3 Å². The summed E-state index contributed by atoms with van der Waals surface area (Å²) < 4.78 is 0. The zero-order chi connectivity index (χ0) is 11.3. The normalized spacial score (nSPS) is 10.1. The molecule has 0 fully saturated rings. The zero-order valence-electron chi connectivity index (χ0n) is 8.28. The second-order valence-corrected chi connectivity index (χ2v) is 4.31. The molecule has 7 heteroatoms. The molecule has 0 bridgehead atoms. The van der Waals surface area contributed by atoms with Crippen LogP contribution in [-0.2, 0) is 4.79 Å². The fourth-order valence-corrected chi connectivity index (χ4v) is 2.08. The molecule has 0 aliphatic carbocycles. The van der Waals surface area contributed by atoms with Gasteiger partial charge >= 0.3 is 0 Å². The maximum absolute atomic E-state index is 11.2. The van der Waals surface area contributed by atoms with E-state index in [1.54, 1.807) is 0 Å². The molecule has 4 nitrogen and oxygen atoms in total. The van der Waals surface area contributed by atoms with Gasteiger partial charge < -0.3 is 5.32 Å². The minimum absolute atomic E-state index is 0.0729. The van der Waals surface area contributed by atoms with Gasteiger partial charge in [-0.05, 0) is 12.5 Å². The molecule has 15 heavy (non-hydrogen) atoms. The Morgan fingerprint density at radius 1 is 1.40 bits per heavy atom. The first-order valence-electron chi connectivity index (χ1n) is 4.01. The van der Waals surface area contributed by atoms with Gasteiger partial charge in [0.05, 0.1) is 0 Å². The van der Waals surface area contributed by atoms with Crippen molar-refractivity contribution in [3.63, 3.8) is 0 Å². The molecule has 1 aromatic rings. The van der Waals surface area contributed by atoms with Crippen molar-refractivity contribution in [3.05, 3.63) is 6.33 Å².